The molecule has 0 unspecified atom stereocenters. The highest BCUT2D eigenvalue weighted by molar-refractivity contribution is 7.89. The van der Waals surface area contributed by atoms with Crippen molar-refractivity contribution < 1.29 is 8.42 Å². The minimum atomic E-state index is -3.39. The van der Waals surface area contributed by atoms with Crippen molar-refractivity contribution in [3.8, 4) is 0 Å². The van der Waals surface area contributed by atoms with Crippen LogP contribution in [-0.4, -0.2) is 25.8 Å². The third-order valence-electron chi connectivity index (χ3n) is 2.93. The van der Waals surface area contributed by atoms with E-state index in [9.17, 15) is 8.42 Å². The van der Waals surface area contributed by atoms with Crippen LogP contribution in [0.3, 0.4) is 0 Å². The van der Waals surface area contributed by atoms with Crippen molar-refractivity contribution in [1.82, 2.24) is 4.31 Å². The molecule has 2 N–H and O–H groups in total. The summed E-state index contributed by atoms with van der Waals surface area (Å²) in [5.41, 5.74) is 6.01. The number of anilines is 1. The standard InChI is InChI=1S/C11H16N2O2S2/c12-10-8-9(4-5-11(10)16)17(14,15)13-6-2-1-3-7-13/h4-5,8,16H,1-3,6-7,12H2/p-1. The summed E-state index contributed by atoms with van der Waals surface area (Å²) < 4.78 is 26.1. The van der Waals surface area contributed by atoms with Gasteiger partial charge in [-0.1, -0.05) is 12.5 Å². The van der Waals surface area contributed by atoms with Gasteiger partial charge in [-0.2, -0.15) is 9.20 Å². The van der Waals surface area contributed by atoms with Gasteiger partial charge >= 0.3 is 0 Å². The van der Waals surface area contributed by atoms with Gasteiger partial charge in [0.15, 0.2) is 0 Å². The van der Waals surface area contributed by atoms with Crippen molar-refractivity contribution in [2.75, 3.05) is 18.8 Å². The molecule has 0 amide bonds. The van der Waals surface area contributed by atoms with Crippen LogP contribution in [0, 0.1) is 0 Å². The molecule has 0 atom stereocenters. The first kappa shape index (κ1) is 12.6. The molecule has 6 heteroatoms. The number of sulfonamides is 1. The van der Waals surface area contributed by atoms with E-state index < -0.39 is 10.0 Å². The molecule has 1 aromatic carbocycles. The van der Waals surface area contributed by atoms with E-state index in [0.717, 1.165) is 19.3 Å². The van der Waals surface area contributed by atoms with E-state index in [1.54, 1.807) is 6.07 Å². The number of rotatable bonds is 2. The highest BCUT2D eigenvalue weighted by Gasteiger charge is 2.25. The van der Waals surface area contributed by atoms with Crippen molar-refractivity contribution in [1.29, 1.82) is 0 Å². The van der Waals surface area contributed by atoms with E-state index >= 15 is 0 Å². The van der Waals surface area contributed by atoms with Crippen LogP contribution in [0.25, 0.3) is 0 Å². The number of piperidine rings is 1. The van der Waals surface area contributed by atoms with E-state index in [2.05, 4.69) is 0 Å². The van der Waals surface area contributed by atoms with Crippen molar-refractivity contribution in [2.45, 2.75) is 29.1 Å². The Bertz CT molecular complexity index is 508. The lowest BCUT2D eigenvalue weighted by Crippen LogP contribution is -2.35. The maximum absolute atomic E-state index is 12.3. The fourth-order valence-corrected chi connectivity index (χ4v) is 3.62. The van der Waals surface area contributed by atoms with Crippen LogP contribution < -0.4 is 5.73 Å². The zero-order valence-electron chi connectivity index (χ0n) is 9.43. The summed E-state index contributed by atoms with van der Waals surface area (Å²) >= 11 is 4.96. The SMILES string of the molecule is Nc1cc(S(=O)(=O)N2CCCCC2)ccc1[S-]. The number of nitrogens with two attached hydrogens (primary N) is 1. The van der Waals surface area contributed by atoms with Crippen molar-refractivity contribution in [3.63, 3.8) is 0 Å². The maximum Gasteiger partial charge on any atom is 0.243 e. The Morgan fingerprint density at radius 2 is 1.82 bits per heavy atom. The van der Waals surface area contributed by atoms with Gasteiger partial charge in [0.2, 0.25) is 10.0 Å². The molecule has 4 nitrogen and oxygen atoms in total. The van der Waals surface area contributed by atoms with Crippen LogP contribution in [0.15, 0.2) is 28.0 Å². The second kappa shape index (κ2) is 4.80. The molecule has 2 rings (SSSR count). The number of nitrogens with zero attached hydrogens (tertiary/aromatic N) is 1. The second-order valence-corrected chi connectivity index (χ2v) is 6.54. The van der Waals surface area contributed by atoms with E-state index in [1.807, 2.05) is 0 Å². The summed E-state index contributed by atoms with van der Waals surface area (Å²) in [6, 6.07) is 4.55. The third kappa shape index (κ3) is 2.53. The van der Waals surface area contributed by atoms with Gasteiger partial charge in [0.05, 0.1) is 4.90 Å². The lowest BCUT2D eigenvalue weighted by atomic mass is 10.2. The van der Waals surface area contributed by atoms with Crippen molar-refractivity contribution in [3.05, 3.63) is 18.2 Å². The summed E-state index contributed by atoms with van der Waals surface area (Å²) in [6.07, 6.45) is 2.95. The quantitative estimate of drug-likeness (QED) is 0.651. The minimum Gasteiger partial charge on any atom is -0.778 e. The first-order valence-corrected chi connectivity index (χ1v) is 7.43. The minimum absolute atomic E-state index is 0.241. The zero-order chi connectivity index (χ0) is 12.5. The Morgan fingerprint density at radius 1 is 1.18 bits per heavy atom. The molecule has 1 fully saturated rings. The van der Waals surface area contributed by atoms with Gasteiger partial charge < -0.3 is 18.4 Å². The molecule has 1 aliphatic rings. The molecule has 0 spiro atoms. The Hall–Kier alpha value is -0.850. The van der Waals surface area contributed by atoms with Crippen molar-refractivity contribution >= 4 is 28.3 Å². The average molecular weight is 271 g/mol. The molecule has 0 saturated carbocycles. The molecule has 0 aliphatic carbocycles. The van der Waals surface area contributed by atoms with Crippen LogP contribution >= 0.6 is 0 Å². The highest BCUT2D eigenvalue weighted by atomic mass is 32.2. The average Bonchev–Trinajstić information content (AvgIpc) is 2.33. The summed E-state index contributed by atoms with van der Waals surface area (Å²) in [7, 11) is -3.39. The third-order valence-corrected chi connectivity index (χ3v) is 5.20. The Labute approximate surface area is 107 Å². The molecule has 1 heterocycles. The predicted octanol–water partition coefficient (Wildman–Crippen LogP) is 1.35. The summed E-state index contributed by atoms with van der Waals surface area (Å²) in [6.45, 7) is 1.19. The van der Waals surface area contributed by atoms with E-state index in [0.29, 0.717) is 23.7 Å². The summed E-state index contributed by atoms with van der Waals surface area (Å²) in [5, 5.41) is 0. The van der Waals surface area contributed by atoms with Gasteiger partial charge in [-0.25, -0.2) is 8.42 Å². The smallest absolute Gasteiger partial charge is 0.243 e. The molecular weight excluding hydrogens is 256 g/mol. The van der Waals surface area contributed by atoms with E-state index in [-0.39, 0.29) is 4.90 Å². The normalized spacial score (nSPS) is 18.1. The van der Waals surface area contributed by atoms with Gasteiger partial charge in [-0.3, -0.25) is 0 Å². The van der Waals surface area contributed by atoms with Gasteiger partial charge in [0.25, 0.3) is 0 Å². The van der Waals surface area contributed by atoms with E-state index in [4.69, 9.17) is 18.4 Å². The first-order chi connectivity index (χ1) is 8.01. The zero-order valence-corrected chi connectivity index (χ0v) is 11.1. The van der Waals surface area contributed by atoms with Crippen LogP contribution in [0.2, 0.25) is 0 Å². The van der Waals surface area contributed by atoms with Gasteiger partial charge in [-0.05, 0) is 25.0 Å². The lowest BCUT2D eigenvalue weighted by molar-refractivity contribution is 0.346. The van der Waals surface area contributed by atoms with Crippen LogP contribution in [-0.2, 0) is 22.7 Å². The van der Waals surface area contributed by atoms with E-state index in [1.165, 1.54) is 16.4 Å². The molecule has 94 valence electrons. The Morgan fingerprint density at radius 3 is 2.41 bits per heavy atom. The predicted molar refractivity (Wildman–Crippen MR) is 69.1 cm³/mol. The topological polar surface area (TPSA) is 63.4 Å². The number of hydrogen-bond acceptors (Lipinski definition) is 4. The molecule has 1 aliphatic heterocycles. The molecule has 1 aromatic rings. The number of hydrogen-bond donors (Lipinski definition) is 1. The van der Waals surface area contributed by atoms with Gasteiger partial charge in [0.1, 0.15) is 0 Å². The molecule has 0 radical (unpaired) electrons. The second-order valence-electron chi connectivity index (χ2n) is 4.16. The molecule has 1 saturated heterocycles. The largest absolute Gasteiger partial charge is 0.778 e. The van der Waals surface area contributed by atoms with Crippen LogP contribution in [0.4, 0.5) is 5.69 Å². The van der Waals surface area contributed by atoms with Crippen molar-refractivity contribution in [2.24, 2.45) is 0 Å². The Balaban J connectivity index is 2.33. The summed E-state index contributed by atoms with van der Waals surface area (Å²) in [5.74, 6) is 0. The van der Waals surface area contributed by atoms with Crippen LogP contribution in [0.5, 0.6) is 0 Å². The molecule has 0 bridgehead atoms. The Kier molecular flexibility index (Phi) is 3.56. The number of benzene rings is 1. The first-order valence-electron chi connectivity index (χ1n) is 5.58. The lowest BCUT2D eigenvalue weighted by Gasteiger charge is -2.26. The number of nitrogen functional groups attached to an aromatic ring is 1. The maximum atomic E-state index is 12.3. The fraction of sp³-hybridized carbons (Fsp3) is 0.455. The fourth-order valence-electron chi connectivity index (χ4n) is 1.94. The van der Waals surface area contributed by atoms with Gasteiger partial charge in [0, 0.05) is 18.8 Å². The van der Waals surface area contributed by atoms with Crippen LogP contribution in [0.1, 0.15) is 19.3 Å². The summed E-state index contributed by atoms with van der Waals surface area (Å²) in [4.78, 5) is 0.730. The molecule has 0 aromatic heterocycles. The molecule has 17 heavy (non-hydrogen) atoms. The van der Waals surface area contributed by atoms with Gasteiger partial charge in [-0.15, -0.1) is 0 Å². The molecular formula is C11H15N2O2S2-. The highest BCUT2D eigenvalue weighted by Crippen LogP contribution is 2.23. The monoisotopic (exact) mass is 271 g/mol.